The predicted octanol–water partition coefficient (Wildman–Crippen LogP) is 4.07. The molecule has 0 spiro atoms. The topological polar surface area (TPSA) is 262 Å². The maximum atomic E-state index is 15.1. The Hall–Kier alpha value is -5.71. The Morgan fingerprint density at radius 1 is 0.494 bits per heavy atom. The highest BCUT2D eigenvalue weighted by Crippen LogP contribution is 2.26. The molecule has 0 saturated carbocycles. The number of aliphatic hydroxyl groups excluding tert-OH is 1. The average Bonchev–Trinajstić information content (AvgIpc) is 3.62. The molecule has 22 nitrogen and oxygen atoms in total. The Morgan fingerprint density at radius 3 is 1.39 bits per heavy atom. The molecule has 0 unspecified atom stereocenters. The molecule has 486 valence electrons. The van der Waals surface area contributed by atoms with Gasteiger partial charge in [0, 0.05) is 49.3 Å². The highest BCUT2D eigenvalue weighted by molar-refractivity contribution is 7.80. The van der Waals surface area contributed by atoms with Crippen molar-refractivity contribution in [1.29, 1.82) is 0 Å². The van der Waals surface area contributed by atoms with Crippen LogP contribution in [0.4, 0.5) is 0 Å². The molecule has 5 N–H and O–H groups in total. The van der Waals surface area contributed by atoms with Crippen LogP contribution >= 0.6 is 12.2 Å². The van der Waals surface area contributed by atoms with Gasteiger partial charge in [-0.05, 0) is 101 Å². The summed E-state index contributed by atoms with van der Waals surface area (Å²) in [7, 11) is 10.2. The van der Waals surface area contributed by atoms with Gasteiger partial charge in [-0.3, -0.25) is 47.9 Å². The molecule has 1 heterocycles. The van der Waals surface area contributed by atoms with E-state index in [0.717, 1.165) is 4.90 Å². The number of hydrogen-bond acceptors (Lipinski definition) is 12. The second kappa shape index (κ2) is 35.2. The zero-order valence-electron chi connectivity index (χ0n) is 56.1. The summed E-state index contributed by atoms with van der Waals surface area (Å²) in [5, 5.41) is 23.5. The van der Waals surface area contributed by atoms with Crippen molar-refractivity contribution in [3.05, 3.63) is 12.2 Å². The van der Waals surface area contributed by atoms with Crippen molar-refractivity contribution in [2.45, 2.75) is 223 Å². The van der Waals surface area contributed by atoms with Crippen LogP contribution in [0.1, 0.15) is 156 Å². The van der Waals surface area contributed by atoms with E-state index >= 15 is 9.59 Å². The van der Waals surface area contributed by atoms with Crippen molar-refractivity contribution in [3.8, 4) is 0 Å². The number of aliphatic hydroxyl groups is 1. The summed E-state index contributed by atoms with van der Waals surface area (Å²) < 4.78 is 0. The first-order valence-corrected chi connectivity index (χ1v) is 31.0. The fraction of sp³-hybridized carbons (Fsp3) is 0.790. The molecule has 0 aromatic rings. The standard InChI is InChI=1S/C62H111N11O11S/c1-25-27-28-40(15)52(75)51-55(78)65-43(26-2)58(80)67(18)33-48(74)68(19)45(30-35(5)6)56(85)66-49(38(11)12)61(83)69(20)44(29-34(3)4)54(77)63-41(16)53(76)64-42(17)57(79)70(21)46(31-36(7)8)59(81)71(22)47(32-37(9)10)60(82)72(23)50(39(13)14)62(84)73(51)24/h25,27,34-47,49-52,75H,26,28-33H2,1-24H3,(H,63,77)(H,64,76)(H,65,78)(H,66,85)/b27-25+/t40-,41+,42-,43+,44+,45+,46+,47+,49+,50+,51+,52-/m1/s1. The van der Waals surface area contributed by atoms with Gasteiger partial charge in [0.05, 0.1) is 23.7 Å². The molecule has 10 amide bonds. The van der Waals surface area contributed by atoms with E-state index in [4.69, 9.17) is 12.2 Å². The van der Waals surface area contributed by atoms with Crippen LogP contribution in [0.25, 0.3) is 0 Å². The SMILES string of the molecule is C/C=C/C[C@@H](C)[C@@H](O)[C@H]1C(=O)N[C@@H](CC)C(=O)N(C)CC(=O)N(C)[C@@H](CC(C)C)C(=S)N[C@@H](C(C)C)C(=O)N(C)[C@@H](CC(C)C)C(=O)N[C@@H](C)C(=O)N[C@H](C)C(=O)N(C)[C@@H](CC(C)C)C(=O)N(C)[C@@H](CC(C)C)C(=O)N(C)[C@@H](C(C)C)C(=O)N1C. The Labute approximate surface area is 515 Å². The van der Waals surface area contributed by atoms with Crippen molar-refractivity contribution < 1.29 is 53.1 Å². The van der Waals surface area contributed by atoms with Gasteiger partial charge < -0.3 is 60.7 Å². The van der Waals surface area contributed by atoms with E-state index in [1.165, 1.54) is 85.5 Å². The molecule has 1 aliphatic heterocycles. The van der Waals surface area contributed by atoms with Crippen LogP contribution in [0.15, 0.2) is 12.2 Å². The third kappa shape index (κ3) is 21.9. The molecule has 1 fully saturated rings. The summed E-state index contributed by atoms with van der Waals surface area (Å²) in [6.45, 7) is 30.0. The maximum Gasteiger partial charge on any atom is 0.246 e. The van der Waals surface area contributed by atoms with Gasteiger partial charge in [0.25, 0.3) is 0 Å². The number of hydrogen-bond donors (Lipinski definition) is 5. The zero-order chi connectivity index (χ0) is 66.0. The molecule has 85 heavy (non-hydrogen) atoms. The van der Waals surface area contributed by atoms with Crippen molar-refractivity contribution >= 4 is 76.3 Å². The Morgan fingerprint density at radius 2 is 0.929 bits per heavy atom. The molecule has 0 aromatic carbocycles. The van der Waals surface area contributed by atoms with E-state index < -0.39 is 144 Å². The first-order chi connectivity index (χ1) is 39.2. The molecule has 1 rings (SSSR count). The van der Waals surface area contributed by atoms with Crippen molar-refractivity contribution in [3.63, 3.8) is 0 Å². The fourth-order valence-electron chi connectivity index (χ4n) is 10.7. The molecule has 1 saturated heterocycles. The van der Waals surface area contributed by atoms with Crippen molar-refractivity contribution in [2.75, 3.05) is 55.9 Å². The van der Waals surface area contributed by atoms with Gasteiger partial charge in [-0.2, -0.15) is 0 Å². The molecule has 1 aliphatic rings. The summed E-state index contributed by atoms with van der Waals surface area (Å²) in [5.41, 5.74) is 0. The zero-order valence-corrected chi connectivity index (χ0v) is 56.9. The first-order valence-electron chi connectivity index (χ1n) is 30.6. The largest absolute Gasteiger partial charge is 0.390 e. The fourth-order valence-corrected chi connectivity index (χ4v) is 11.1. The minimum Gasteiger partial charge on any atom is -0.390 e. The molecule has 23 heteroatoms. The van der Waals surface area contributed by atoms with E-state index in [0.29, 0.717) is 12.8 Å². The molecule has 0 aliphatic carbocycles. The number of thiocarbonyl (C=S) groups is 1. The van der Waals surface area contributed by atoms with E-state index in [1.807, 2.05) is 82.2 Å². The average molecular weight is 1220 g/mol. The monoisotopic (exact) mass is 1220 g/mol. The van der Waals surface area contributed by atoms with Gasteiger partial charge in [-0.15, -0.1) is 0 Å². The molecular formula is C62H111N11O11S. The van der Waals surface area contributed by atoms with Crippen LogP contribution in [-0.4, -0.2) is 226 Å². The first kappa shape index (κ1) is 77.3. The van der Waals surface area contributed by atoms with E-state index in [9.17, 15) is 43.5 Å². The number of carbonyl (C=O) groups is 10. The third-order valence-electron chi connectivity index (χ3n) is 16.1. The van der Waals surface area contributed by atoms with Crippen LogP contribution < -0.4 is 21.3 Å². The lowest BCUT2D eigenvalue weighted by molar-refractivity contribution is -0.157. The van der Waals surface area contributed by atoms with Crippen LogP contribution in [0.5, 0.6) is 0 Å². The molecule has 0 bridgehead atoms. The highest BCUT2D eigenvalue weighted by atomic mass is 32.1. The summed E-state index contributed by atoms with van der Waals surface area (Å²) in [6, 6.07) is -11.5. The van der Waals surface area contributed by atoms with Gasteiger partial charge >= 0.3 is 0 Å². The Bertz CT molecular complexity index is 2330. The van der Waals surface area contributed by atoms with Crippen LogP contribution in [-0.2, 0) is 47.9 Å². The lowest BCUT2D eigenvalue weighted by Gasteiger charge is -2.41. The summed E-state index contributed by atoms with van der Waals surface area (Å²) >= 11 is 6.02. The van der Waals surface area contributed by atoms with Gasteiger partial charge in [0.15, 0.2) is 0 Å². The van der Waals surface area contributed by atoms with Gasteiger partial charge in [0.2, 0.25) is 59.1 Å². The predicted molar refractivity (Wildman–Crippen MR) is 336 cm³/mol. The second-order valence-corrected chi connectivity index (χ2v) is 26.5. The number of likely N-dealkylation sites (N-methyl/N-ethyl adjacent to an activating group) is 7. The third-order valence-corrected chi connectivity index (χ3v) is 16.5. The van der Waals surface area contributed by atoms with Crippen molar-refractivity contribution in [1.82, 2.24) is 55.6 Å². The quantitative estimate of drug-likeness (QED) is 0.115. The lowest BCUT2D eigenvalue weighted by Crippen LogP contribution is -2.63. The van der Waals surface area contributed by atoms with Gasteiger partial charge in [0.1, 0.15) is 54.4 Å². The van der Waals surface area contributed by atoms with Crippen LogP contribution in [0.2, 0.25) is 0 Å². The van der Waals surface area contributed by atoms with E-state index in [1.54, 1.807) is 40.8 Å². The number of nitrogens with one attached hydrogen (secondary N) is 4. The number of amides is 10. The normalized spacial score (nSPS) is 26.9. The van der Waals surface area contributed by atoms with E-state index in [-0.39, 0.29) is 60.3 Å². The molecular weight excluding hydrogens is 1110 g/mol. The lowest BCUT2D eigenvalue weighted by atomic mass is 9.91. The minimum absolute atomic E-state index is 0.00302. The molecule has 0 aromatic heterocycles. The Kier molecular flexibility index (Phi) is 32.0. The highest BCUT2D eigenvalue weighted by Gasteiger charge is 2.45. The number of carbonyl (C=O) groups excluding carboxylic acids is 10. The number of rotatable bonds is 15. The maximum absolute atomic E-state index is 15.1. The Balaban J connectivity index is 4.32. The molecule has 0 radical (unpaired) electrons. The summed E-state index contributed by atoms with van der Waals surface area (Å²) in [6.07, 6.45) is 3.42. The van der Waals surface area contributed by atoms with Crippen LogP contribution in [0, 0.1) is 41.4 Å². The van der Waals surface area contributed by atoms with Gasteiger partial charge in [-0.25, -0.2) is 0 Å². The van der Waals surface area contributed by atoms with Crippen LogP contribution in [0.3, 0.4) is 0 Å². The summed E-state index contributed by atoms with van der Waals surface area (Å²) in [4.78, 5) is 155. The van der Waals surface area contributed by atoms with Gasteiger partial charge in [-0.1, -0.05) is 121 Å². The summed E-state index contributed by atoms with van der Waals surface area (Å²) in [5.74, 6) is -8.21. The molecule has 12 atom stereocenters. The minimum atomic E-state index is -1.59. The second-order valence-electron chi connectivity index (χ2n) is 26.1. The van der Waals surface area contributed by atoms with E-state index in [2.05, 4.69) is 21.3 Å². The van der Waals surface area contributed by atoms with Crippen molar-refractivity contribution in [2.24, 2.45) is 41.4 Å². The smallest absolute Gasteiger partial charge is 0.246 e. The number of allylic oxidation sites excluding steroid dienone is 2. The number of nitrogens with zero attached hydrogens (tertiary/aromatic N) is 7.